The summed E-state index contributed by atoms with van der Waals surface area (Å²) in [5.74, 6) is 0.504. The van der Waals surface area contributed by atoms with E-state index in [0.717, 1.165) is 17.5 Å². The fourth-order valence-corrected chi connectivity index (χ4v) is 4.05. The molecule has 162 valence electrons. The summed E-state index contributed by atoms with van der Waals surface area (Å²) >= 11 is 1.49. The molecule has 3 aromatic rings. The van der Waals surface area contributed by atoms with Gasteiger partial charge in [0.2, 0.25) is 0 Å². The Hall–Kier alpha value is -2.90. The number of carbonyl (C=O) groups is 1. The van der Waals surface area contributed by atoms with Gasteiger partial charge in [-0.3, -0.25) is 14.2 Å². The molecular weight excluding hydrogens is 410 g/mol. The van der Waals surface area contributed by atoms with E-state index in [-0.39, 0.29) is 11.5 Å². The van der Waals surface area contributed by atoms with Crippen molar-refractivity contribution in [1.29, 1.82) is 0 Å². The minimum Gasteiger partial charge on any atom is -0.383 e. The summed E-state index contributed by atoms with van der Waals surface area (Å²) in [5.41, 5.74) is 3.07. The Kier molecular flexibility index (Phi) is 8.03. The van der Waals surface area contributed by atoms with E-state index in [2.05, 4.69) is 11.9 Å². The molecule has 7 heteroatoms. The standard InChI is InChI=1S/C24H27N3O3S/c1-4-12-25-22(28)19-10-11-20-21(15-19)26-24(27(23(20)29)13-14-30-3)31-16-18-8-6-17(5-2)7-9-18/h5-11,15H,2,4,12-14,16H2,1,3H3,(H,25,28). The number of thioether (sulfide) groups is 1. The molecular formula is C24H27N3O3S. The van der Waals surface area contributed by atoms with Gasteiger partial charge in [0.1, 0.15) is 0 Å². The lowest BCUT2D eigenvalue weighted by atomic mass is 10.1. The van der Waals surface area contributed by atoms with E-state index in [4.69, 9.17) is 9.72 Å². The molecule has 0 aliphatic heterocycles. The molecule has 3 rings (SSSR count). The molecule has 0 saturated carbocycles. The molecule has 0 saturated heterocycles. The second-order valence-corrected chi connectivity index (χ2v) is 8.01. The van der Waals surface area contributed by atoms with Crippen molar-refractivity contribution in [1.82, 2.24) is 14.9 Å². The molecule has 0 unspecified atom stereocenters. The zero-order valence-corrected chi connectivity index (χ0v) is 18.7. The third-order valence-electron chi connectivity index (χ3n) is 4.82. The number of nitrogens with one attached hydrogen (secondary N) is 1. The van der Waals surface area contributed by atoms with Gasteiger partial charge in [-0.25, -0.2) is 4.98 Å². The predicted molar refractivity (Wildman–Crippen MR) is 127 cm³/mol. The van der Waals surface area contributed by atoms with Gasteiger partial charge in [-0.15, -0.1) is 0 Å². The molecule has 6 nitrogen and oxygen atoms in total. The smallest absolute Gasteiger partial charge is 0.262 e. The van der Waals surface area contributed by atoms with Crippen LogP contribution < -0.4 is 10.9 Å². The van der Waals surface area contributed by atoms with Gasteiger partial charge in [0, 0.05) is 25.0 Å². The molecule has 0 spiro atoms. The van der Waals surface area contributed by atoms with Crippen molar-refractivity contribution >= 4 is 34.6 Å². The van der Waals surface area contributed by atoms with Gasteiger partial charge in [0.15, 0.2) is 5.16 Å². The maximum Gasteiger partial charge on any atom is 0.262 e. The van der Waals surface area contributed by atoms with Gasteiger partial charge in [0.25, 0.3) is 11.5 Å². The van der Waals surface area contributed by atoms with Crippen molar-refractivity contribution in [2.45, 2.75) is 30.8 Å². The number of carbonyl (C=O) groups excluding carboxylic acids is 1. The third-order valence-corrected chi connectivity index (χ3v) is 5.87. The summed E-state index contributed by atoms with van der Waals surface area (Å²) in [6, 6.07) is 13.1. The first-order valence-corrected chi connectivity index (χ1v) is 11.2. The Morgan fingerprint density at radius 2 is 2.03 bits per heavy atom. The number of fused-ring (bicyclic) bond motifs is 1. The Labute approximate surface area is 186 Å². The van der Waals surface area contributed by atoms with Crippen LogP contribution in [0.25, 0.3) is 17.0 Å². The molecule has 1 N–H and O–H groups in total. The highest BCUT2D eigenvalue weighted by Gasteiger charge is 2.14. The van der Waals surface area contributed by atoms with Crippen LogP contribution in [0.2, 0.25) is 0 Å². The number of nitrogens with zero attached hydrogens (tertiary/aromatic N) is 2. The Morgan fingerprint density at radius 1 is 1.26 bits per heavy atom. The van der Waals surface area contributed by atoms with Crippen molar-refractivity contribution in [3.8, 4) is 0 Å². The summed E-state index contributed by atoms with van der Waals surface area (Å²) in [7, 11) is 1.61. The minimum absolute atomic E-state index is 0.132. The van der Waals surface area contributed by atoms with Crippen LogP contribution in [0.5, 0.6) is 0 Å². The van der Waals surface area contributed by atoms with Crippen molar-refractivity contribution in [2.75, 3.05) is 20.3 Å². The summed E-state index contributed by atoms with van der Waals surface area (Å²) < 4.78 is 6.83. The van der Waals surface area contributed by atoms with E-state index in [1.54, 1.807) is 36.0 Å². The number of hydrogen-bond donors (Lipinski definition) is 1. The molecule has 0 atom stereocenters. The van der Waals surface area contributed by atoms with E-state index in [1.807, 2.05) is 31.2 Å². The van der Waals surface area contributed by atoms with Gasteiger partial charge < -0.3 is 10.1 Å². The molecule has 0 aliphatic carbocycles. The van der Waals surface area contributed by atoms with Crippen LogP contribution in [-0.4, -0.2) is 35.7 Å². The normalized spacial score (nSPS) is 10.9. The first kappa shape index (κ1) is 22.8. The van der Waals surface area contributed by atoms with Crippen LogP contribution in [-0.2, 0) is 17.0 Å². The lowest BCUT2D eigenvalue weighted by Crippen LogP contribution is -2.26. The van der Waals surface area contributed by atoms with E-state index in [0.29, 0.717) is 47.1 Å². The zero-order chi connectivity index (χ0) is 22.2. The van der Waals surface area contributed by atoms with Crippen LogP contribution >= 0.6 is 11.8 Å². The highest BCUT2D eigenvalue weighted by Crippen LogP contribution is 2.23. The predicted octanol–water partition coefficient (Wildman–Crippen LogP) is 4.12. The second-order valence-electron chi connectivity index (χ2n) is 7.07. The number of hydrogen-bond acceptors (Lipinski definition) is 5. The first-order chi connectivity index (χ1) is 15.1. The van der Waals surface area contributed by atoms with E-state index in [9.17, 15) is 9.59 Å². The zero-order valence-electron chi connectivity index (χ0n) is 17.9. The SMILES string of the molecule is C=Cc1ccc(CSc2nc3cc(C(=O)NCCC)ccc3c(=O)n2CCOC)cc1. The maximum atomic E-state index is 13.1. The summed E-state index contributed by atoms with van der Waals surface area (Å²) in [6.07, 6.45) is 2.66. The molecule has 0 aliphatic rings. The highest BCUT2D eigenvalue weighted by molar-refractivity contribution is 7.98. The Bertz CT molecular complexity index is 1120. The summed E-state index contributed by atoms with van der Waals surface area (Å²) in [4.78, 5) is 30.2. The van der Waals surface area contributed by atoms with Gasteiger partial charge in [-0.05, 0) is 35.7 Å². The fourth-order valence-electron chi connectivity index (χ4n) is 3.07. The second kappa shape index (κ2) is 10.9. The highest BCUT2D eigenvalue weighted by atomic mass is 32.2. The number of amides is 1. The quantitative estimate of drug-likeness (QED) is 0.382. The molecule has 0 bridgehead atoms. The lowest BCUT2D eigenvalue weighted by Gasteiger charge is -2.13. The van der Waals surface area contributed by atoms with Crippen LogP contribution in [0.3, 0.4) is 0 Å². The largest absolute Gasteiger partial charge is 0.383 e. The Balaban J connectivity index is 1.95. The van der Waals surface area contributed by atoms with Crippen LogP contribution in [0.1, 0.15) is 34.8 Å². The average molecular weight is 438 g/mol. The summed E-state index contributed by atoms with van der Waals surface area (Å²) in [6.45, 7) is 7.20. The number of benzene rings is 2. The number of methoxy groups -OCH3 is 1. The number of aromatic nitrogens is 2. The van der Waals surface area contributed by atoms with Gasteiger partial charge >= 0.3 is 0 Å². The van der Waals surface area contributed by atoms with Crippen molar-refractivity contribution in [2.24, 2.45) is 0 Å². The maximum absolute atomic E-state index is 13.1. The van der Waals surface area contributed by atoms with Gasteiger partial charge in [0.05, 0.1) is 24.1 Å². The monoisotopic (exact) mass is 437 g/mol. The molecule has 31 heavy (non-hydrogen) atoms. The van der Waals surface area contributed by atoms with Crippen LogP contribution in [0.4, 0.5) is 0 Å². The van der Waals surface area contributed by atoms with Crippen LogP contribution in [0.15, 0.2) is 59.0 Å². The molecule has 1 amide bonds. The fraction of sp³-hybridized carbons (Fsp3) is 0.292. The third kappa shape index (κ3) is 5.62. The van der Waals surface area contributed by atoms with E-state index >= 15 is 0 Å². The summed E-state index contributed by atoms with van der Waals surface area (Å²) in [5, 5.41) is 3.95. The Morgan fingerprint density at radius 3 is 2.71 bits per heavy atom. The van der Waals surface area contributed by atoms with Gasteiger partial charge in [-0.1, -0.05) is 55.6 Å². The van der Waals surface area contributed by atoms with Gasteiger partial charge in [-0.2, -0.15) is 0 Å². The molecule has 0 fully saturated rings. The number of rotatable bonds is 10. The minimum atomic E-state index is -0.161. The van der Waals surface area contributed by atoms with E-state index < -0.39 is 0 Å². The first-order valence-electron chi connectivity index (χ1n) is 10.2. The van der Waals surface area contributed by atoms with Crippen molar-refractivity contribution in [3.63, 3.8) is 0 Å². The van der Waals surface area contributed by atoms with Crippen molar-refractivity contribution < 1.29 is 9.53 Å². The topological polar surface area (TPSA) is 73.2 Å². The average Bonchev–Trinajstić information content (AvgIpc) is 2.80. The molecule has 0 radical (unpaired) electrons. The molecule has 2 aromatic carbocycles. The number of ether oxygens (including phenoxy) is 1. The van der Waals surface area contributed by atoms with E-state index in [1.165, 1.54) is 11.8 Å². The van der Waals surface area contributed by atoms with Crippen LogP contribution in [0, 0.1) is 0 Å². The molecule has 1 aromatic heterocycles. The lowest BCUT2D eigenvalue weighted by molar-refractivity contribution is 0.0954. The molecule has 1 heterocycles. The van der Waals surface area contributed by atoms with Crippen molar-refractivity contribution in [3.05, 3.63) is 76.1 Å².